The average Bonchev–Trinajstić information content (AvgIpc) is 3.01. The molecule has 0 fully saturated rings. The summed E-state index contributed by atoms with van der Waals surface area (Å²) in [5.74, 6) is -2.61. The number of hydrogen-bond donors (Lipinski definition) is 1. The minimum atomic E-state index is -1.16. The molecular weight excluding hydrogens is 457 g/mol. The number of halogens is 2. The van der Waals surface area contributed by atoms with Gasteiger partial charge in [-0.15, -0.1) is 0 Å². The number of fused-ring (bicyclic) bond motifs is 1. The van der Waals surface area contributed by atoms with Crippen molar-refractivity contribution in [2.75, 3.05) is 11.9 Å². The van der Waals surface area contributed by atoms with Crippen LogP contribution in [0.4, 0.5) is 5.82 Å². The van der Waals surface area contributed by atoms with Gasteiger partial charge in [0.2, 0.25) is 0 Å². The Morgan fingerprint density at radius 2 is 1.72 bits per heavy atom. The molecule has 1 aliphatic heterocycles. The van der Waals surface area contributed by atoms with E-state index in [0.29, 0.717) is 10.6 Å². The average molecular weight is 478 g/mol. The lowest BCUT2D eigenvalue weighted by molar-refractivity contribution is -0.151. The largest absolute Gasteiger partial charge is 0.454 e. The molecular formula is C22H21Cl2N3O5. The van der Waals surface area contributed by atoms with E-state index in [9.17, 15) is 19.2 Å². The number of anilines is 1. The Labute approximate surface area is 194 Å². The summed E-state index contributed by atoms with van der Waals surface area (Å²) >= 11 is 12.1. The van der Waals surface area contributed by atoms with Crippen molar-refractivity contribution in [3.8, 4) is 0 Å². The van der Waals surface area contributed by atoms with E-state index in [2.05, 4.69) is 10.3 Å². The zero-order valence-electron chi connectivity index (χ0n) is 17.6. The number of ether oxygens (including phenoxy) is 1. The lowest BCUT2D eigenvalue weighted by Gasteiger charge is -2.25. The molecule has 1 aromatic heterocycles. The first kappa shape index (κ1) is 23.7. The van der Waals surface area contributed by atoms with Crippen LogP contribution in [0.3, 0.4) is 0 Å². The van der Waals surface area contributed by atoms with Crippen molar-refractivity contribution in [1.29, 1.82) is 0 Å². The summed E-state index contributed by atoms with van der Waals surface area (Å²) < 4.78 is 5.15. The van der Waals surface area contributed by atoms with E-state index < -0.39 is 36.3 Å². The van der Waals surface area contributed by atoms with Crippen molar-refractivity contribution in [3.63, 3.8) is 0 Å². The number of imide groups is 1. The molecule has 0 aliphatic carbocycles. The summed E-state index contributed by atoms with van der Waals surface area (Å²) in [7, 11) is 0. The van der Waals surface area contributed by atoms with E-state index in [0.717, 1.165) is 4.90 Å². The number of aromatic nitrogens is 1. The van der Waals surface area contributed by atoms with Gasteiger partial charge < -0.3 is 10.1 Å². The molecule has 10 heteroatoms. The van der Waals surface area contributed by atoms with E-state index in [1.165, 1.54) is 18.3 Å². The molecule has 1 N–H and O–H groups in total. The molecule has 0 spiro atoms. The number of rotatable bonds is 7. The fourth-order valence-electron chi connectivity index (χ4n) is 3.29. The molecule has 3 amide bonds. The molecule has 0 saturated carbocycles. The Kier molecular flexibility index (Phi) is 7.16. The van der Waals surface area contributed by atoms with Crippen molar-refractivity contribution >= 4 is 52.7 Å². The van der Waals surface area contributed by atoms with E-state index in [-0.39, 0.29) is 34.3 Å². The molecule has 1 atom stereocenters. The van der Waals surface area contributed by atoms with Crippen LogP contribution < -0.4 is 5.32 Å². The number of nitrogens with zero attached hydrogens (tertiary/aromatic N) is 2. The molecule has 1 aromatic carbocycles. The van der Waals surface area contributed by atoms with Gasteiger partial charge in [0.15, 0.2) is 12.4 Å². The van der Waals surface area contributed by atoms with E-state index in [1.807, 2.05) is 13.8 Å². The van der Waals surface area contributed by atoms with Crippen molar-refractivity contribution in [2.45, 2.75) is 33.2 Å². The van der Waals surface area contributed by atoms with Gasteiger partial charge in [0, 0.05) is 6.20 Å². The van der Waals surface area contributed by atoms with Gasteiger partial charge in [-0.25, -0.2) is 9.78 Å². The first-order valence-corrected chi connectivity index (χ1v) is 10.6. The molecule has 168 valence electrons. The number of nitrogens with one attached hydrogen (secondary N) is 1. The second kappa shape index (κ2) is 9.67. The highest BCUT2D eigenvalue weighted by Crippen LogP contribution is 2.29. The second-order valence-electron chi connectivity index (χ2n) is 7.72. The Morgan fingerprint density at radius 3 is 2.28 bits per heavy atom. The summed E-state index contributed by atoms with van der Waals surface area (Å²) in [6.07, 6.45) is 1.53. The Bertz CT molecular complexity index is 1070. The Balaban J connectivity index is 1.71. The van der Waals surface area contributed by atoms with Gasteiger partial charge in [0.25, 0.3) is 17.7 Å². The maximum Gasteiger partial charge on any atom is 0.329 e. The topological polar surface area (TPSA) is 106 Å². The lowest BCUT2D eigenvalue weighted by Crippen LogP contribution is -2.46. The molecule has 0 saturated heterocycles. The van der Waals surface area contributed by atoms with Gasteiger partial charge >= 0.3 is 5.97 Å². The fraction of sp³-hybridized carbons (Fsp3) is 0.318. The van der Waals surface area contributed by atoms with Crippen molar-refractivity contribution in [3.05, 3.63) is 57.2 Å². The summed E-state index contributed by atoms with van der Waals surface area (Å²) in [6, 6.07) is 5.20. The van der Waals surface area contributed by atoms with Crippen LogP contribution in [-0.4, -0.2) is 46.2 Å². The number of carbonyl (C=O) groups is 4. The predicted molar refractivity (Wildman–Crippen MR) is 119 cm³/mol. The number of pyridine rings is 1. The molecule has 2 heterocycles. The molecule has 1 unspecified atom stereocenters. The zero-order valence-corrected chi connectivity index (χ0v) is 19.2. The van der Waals surface area contributed by atoms with Crippen LogP contribution in [0.1, 0.15) is 46.5 Å². The van der Waals surface area contributed by atoms with Crippen LogP contribution >= 0.6 is 23.2 Å². The van der Waals surface area contributed by atoms with Crippen molar-refractivity contribution in [2.24, 2.45) is 5.92 Å². The van der Waals surface area contributed by atoms with Crippen LogP contribution in [0.15, 0.2) is 30.5 Å². The number of hydrogen-bond acceptors (Lipinski definition) is 6. The SMILES string of the molecule is Cc1c(Cl)cnc(NC(=O)COC(=O)C(CC(C)C)N2C(=O)c3ccccc3C2=O)c1Cl. The zero-order chi connectivity index (χ0) is 23.6. The number of amides is 3. The molecule has 1 aliphatic rings. The standard InChI is InChI=1S/C22H21Cl2N3O5/c1-11(2)8-16(27-20(29)13-6-4-5-7-14(13)21(27)30)22(31)32-10-17(28)26-19-18(24)12(3)15(23)9-25-19/h4-7,9,11,16H,8,10H2,1-3H3,(H,25,26,28). The Hall–Kier alpha value is -2.97. The van der Waals surface area contributed by atoms with Gasteiger partial charge in [-0.05, 0) is 37.0 Å². The monoisotopic (exact) mass is 477 g/mol. The predicted octanol–water partition coefficient (Wildman–Crippen LogP) is 3.89. The quantitative estimate of drug-likeness (QED) is 0.478. The highest BCUT2D eigenvalue weighted by atomic mass is 35.5. The molecule has 0 bridgehead atoms. The van der Waals surface area contributed by atoms with Crippen molar-refractivity contribution < 1.29 is 23.9 Å². The van der Waals surface area contributed by atoms with Crippen LogP contribution in [0.25, 0.3) is 0 Å². The third-order valence-electron chi connectivity index (χ3n) is 4.91. The van der Waals surface area contributed by atoms with E-state index in [1.54, 1.807) is 19.1 Å². The van der Waals surface area contributed by atoms with Gasteiger partial charge in [0.1, 0.15) is 6.04 Å². The maximum atomic E-state index is 12.8. The highest BCUT2D eigenvalue weighted by Gasteiger charge is 2.43. The third kappa shape index (κ3) is 4.76. The minimum Gasteiger partial charge on any atom is -0.454 e. The molecule has 32 heavy (non-hydrogen) atoms. The van der Waals surface area contributed by atoms with Gasteiger partial charge in [-0.1, -0.05) is 49.2 Å². The molecule has 0 radical (unpaired) electrons. The summed E-state index contributed by atoms with van der Waals surface area (Å²) in [5, 5.41) is 2.96. The van der Waals surface area contributed by atoms with E-state index in [4.69, 9.17) is 27.9 Å². The number of benzene rings is 1. The summed E-state index contributed by atoms with van der Waals surface area (Å²) in [4.78, 5) is 55.5. The summed E-state index contributed by atoms with van der Waals surface area (Å²) in [6.45, 7) is 4.72. The smallest absolute Gasteiger partial charge is 0.329 e. The first-order chi connectivity index (χ1) is 15.1. The maximum absolute atomic E-state index is 12.8. The normalized spacial score (nSPS) is 13.9. The third-order valence-corrected chi connectivity index (χ3v) is 5.75. The Morgan fingerprint density at radius 1 is 1.12 bits per heavy atom. The van der Waals surface area contributed by atoms with Gasteiger partial charge in [-0.2, -0.15) is 0 Å². The summed E-state index contributed by atoms with van der Waals surface area (Å²) in [5.41, 5.74) is 1.00. The van der Waals surface area contributed by atoms with Crippen molar-refractivity contribution in [1.82, 2.24) is 9.88 Å². The molecule has 2 aromatic rings. The second-order valence-corrected chi connectivity index (χ2v) is 8.51. The lowest BCUT2D eigenvalue weighted by atomic mass is 10.0. The van der Waals surface area contributed by atoms with Crippen LogP contribution in [0.2, 0.25) is 10.0 Å². The number of carbonyl (C=O) groups excluding carboxylic acids is 4. The van der Waals surface area contributed by atoms with Gasteiger partial charge in [0.05, 0.1) is 21.2 Å². The number of esters is 1. The highest BCUT2D eigenvalue weighted by molar-refractivity contribution is 6.37. The first-order valence-electron chi connectivity index (χ1n) is 9.85. The van der Waals surface area contributed by atoms with Crippen LogP contribution in [0, 0.1) is 12.8 Å². The van der Waals surface area contributed by atoms with Gasteiger partial charge in [-0.3, -0.25) is 19.3 Å². The molecule has 3 rings (SSSR count). The fourth-order valence-corrected chi connectivity index (χ4v) is 3.68. The van der Waals surface area contributed by atoms with E-state index >= 15 is 0 Å². The minimum absolute atomic E-state index is 0.0225. The van der Waals surface area contributed by atoms with Crippen LogP contribution in [-0.2, 0) is 14.3 Å². The molecule has 8 nitrogen and oxygen atoms in total. The van der Waals surface area contributed by atoms with Crippen LogP contribution in [0.5, 0.6) is 0 Å².